The molecule has 0 aliphatic heterocycles. The van der Waals surface area contributed by atoms with Crippen molar-refractivity contribution in [3.05, 3.63) is 46.7 Å². The standard InChI is InChI=1S/C13H17ClN4O/c1-10(11-2-4-12(14)5-3-11)15-8-13-9-18(6-7-19)17-16-13/h2-5,9-10,15,19H,6-8H2,1H3/t10-/m0/s1. The maximum atomic E-state index is 8.80. The van der Waals surface area contributed by atoms with E-state index in [0.717, 1.165) is 10.7 Å². The van der Waals surface area contributed by atoms with Crippen LogP contribution in [0.4, 0.5) is 0 Å². The van der Waals surface area contributed by atoms with Crippen LogP contribution in [0.25, 0.3) is 0 Å². The van der Waals surface area contributed by atoms with Gasteiger partial charge < -0.3 is 10.4 Å². The molecule has 6 heteroatoms. The van der Waals surface area contributed by atoms with Crippen LogP contribution < -0.4 is 5.32 Å². The third kappa shape index (κ3) is 4.02. The predicted octanol–water partition coefficient (Wildman–Crippen LogP) is 1.77. The molecule has 0 saturated heterocycles. The zero-order chi connectivity index (χ0) is 13.7. The molecule has 0 spiro atoms. The van der Waals surface area contributed by atoms with Crippen LogP contribution in [0.15, 0.2) is 30.5 Å². The Morgan fingerprint density at radius 2 is 2.11 bits per heavy atom. The van der Waals surface area contributed by atoms with E-state index in [1.807, 2.05) is 30.5 Å². The summed E-state index contributed by atoms with van der Waals surface area (Å²) in [4.78, 5) is 0. The van der Waals surface area contributed by atoms with Gasteiger partial charge in [-0.3, -0.25) is 0 Å². The smallest absolute Gasteiger partial charge is 0.0965 e. The summed E-state index contributed by atoms with van der Waals surface area (Å²) >= 11 is 5.86. The van der Waals surface area contributed by atoms with Gasteiger partial charge in [-0.25, -0.2) is 4.68 Å². The van der Waals surface area contributed by atoms with Crippen molar-refractivity contribution >= 4 is 11.6 Å². The molecule has 0 bridgehead atoms. The number of aliphatic hydroxyl groups is 1. The van der Waals surface area contributed by atoms with Crippen molar-refractivity contribution in [2.75, 3.05) is 6.61 Å². The van der Waals surface area contributed by atoms with E-state index in [1.165, 1.54) is 5.56 Å². The predicted molar refractivity (Wildman–Crippen MR) is 73.8 cm³/mol. The van der Waals surface area contributed by atoms with Crippen molar-refractivity contribution in [2.24, 2.45) is 0 Å². The molecule has 0 amide bonds. The van der Waals surface area contributed by atoms with Gasteiger partial charge in [0.15, 0.2) is 0 Å². The Morgan fingerprint density at radius 3 is 2.79 bits per heavy atom. The first-order valence-electron chi connectivity index (χ1n) is 6.18. The molecule has 2 N–H and O–H groups in total. The lowest BCUT2D eigenvalue weighted by Gasteiger charge is -2.13. The summed E-state index contributed by atoms with van der Waals surface area (Å²) in [7, 11) is 0. The summed E-state index contributed by atoms with van der Waals surface area (Å²) in [6.07, 6.45) is 1.83. The summed E-state index contributed by atoms with van der Waals surface area (Å²) < 4.78 is 1.63. The van der Waals surface area contributed by atoms with Crippen LogP contribution in [0.5, 0.6) is 0 Å². The Hall–Kier alpha value is -1.43. The molecule has 0 fully saturated rings. The van der Waals surface area contributed by atoms with Gasteiger partial charge in [-0.15, -0.1) is 5.10 Å². The van der Waals surface area contributed by atoms with Gasteiger partial charge in [-0.1, -0.05) is 28.9 Å². The van der Waals surface area contributed by atoms with Gasteiger partial charge in [0.2, 0.25) is 0 Å². The van der Waals surface area contributed by atoms with Gasteiger partial charge in [0.25, 0.3) is 0 Å². The van der Waals surface area contributed by atoms with Gasteiger partial charge in [-0.2, -0.15) is 0 Å². The second-order valence-electron chi connectivity index (χ2n) is 4.35. The first kappa shape index (κ1) is 14.0. The van der Waals surface area contributed by atoms with Gasteiger partial charge in [0.1, 0.15) is 0 Å². The van der Waals surface area contributed by atoms with Crippen molar-refractivity contribution in [2.45, 2.75) is 26.1 Å². The second-order valence-corrected chi connectivity index (χ2v) is 4.79. The van der Waals surface area contributed by atoms with Crippen LogP contribution in [0.3, 0.4) is 0 Å². The summed E-state index contributed by atoms with van der Waals surface area (Å²) in [6, 6.07) is 7.98. The average molecular weight is 281 g/mol. The number of rotatable bonds is 6. The maximum Gasteiger partial charge on any atom is 0.0965 e. The Balaban J connectivity index is 1.88. The van der Waals surface area contributed by atoms with E-state index < -0.39 is 0 Å². The van der Waals surface area contributed by atoms with Gasteiger partial charge in [0.05, 0.1) is 18.8 Å². The van der Waals surface area contributed by atoms with Gasteiger partial charge in [-0.05, 0) is 24.6 Å². The molecule has 102 valence electrons. The number of hydrogen-bond acceptors (Lipinski definition) is 4. The molecule has 1 aromatic heterocycles. The maximum absolute atomic E-state index is 8.80. The normalized spacial score (nSPS) is 12.6. The fourth-order valence-corrected chi connectivity index (χ4v) is 1.88. The molecule has 2 rings (SSSR count). The van der Waals surface area contributed by atoms with E-state index in [-0.39, 0.29) is 12.6 Å². The van der Waals surface area contributed by atoms with Crippen molar-refractivity contribution in [1.29, 1.82) is 0 Å². The highest BCUT2D eigenvalue weighted by atomic mass is 35.5. The van der Waals surface area contributed by atoms with Crippen LogP contribution >= 0.6 is 11.6 Å². The van der Waals surface area contributed by atoms with Crippen LogP contribution in [-0.2, 0) is 13.1 Å². The van der Waals surface area contributed by atoms with Gasteiger partial charge >= 0.3 is 0 Å². The Labute approximate surface area is 117 Å². The third-order valence-electron chi connectivity index (χ3n) is 2.87. The van der Waals surface area contributed by atoms with Crippen LogP contribution in [-0.4, -0.2) is 26.7 Å². The van der Waals surface area contributed by atoms with Crippen molar-refractivity contribution < 1.29 is 5.11 Å². The molecule has 0 unspecified atom stereocenters. The minimum Gasteiger partial charge on any atom is -0.394 e. The number of aliphatic hydroxyl groups excluding tert-OH is 1. The van der Waals surface area contributed by atoms with Crippen molar-refractivity contribution in [3.8, 4) is 0 Å². The lowest BCUT2D eigenvalue weighted by molar-refractivity contribution is 0.268. The fourth-order valence-electron chi connectivity index (χ4n) is 1.76. The molecule has 0 aliphatic carbocycles. The SMILES string of the molecule is C[C@H](NCc1cn(CCO)nn1)c1ccc(Cl)cc1. The number of aromatic nitrogens is 3. The van der Waals surface area contributed by atoms with Crippen molar-refractivity contribution in [1.82, 2.24) is 20.3 Å². The number of nitrogens with zero attached hydrogens (tertiary/aromatic N) is 3. The van der Waals surface area contributed by atoms with E-state index in [2.05, 4.69) is 22.6 Å². The summed E-state index contributed by atoms with van der Waals surface area (Å²) in [5.74, 6) is 0. The van der Waals surface area contributed by atoms with E-state index in [4.69, 9.17) is 16.7 Å². The summed E-state index contributed by atoms with van der Waals surface area (Å²) in [5, 5.41) is 20.9. The molecular weight excluding hydrogens is 264 g/mol. The highest BCUT2D eigenvalue weighted by molar-refractivity contribution is 6.30. The first-order chi connectivity index (χ1) is 9.19. The Kier molecular flexibility index (Phi) is 4.90. The fraction of sp³-hybridized carbons (Fsp3) is 0.385. The quantitative estimate of drug-likeness (QED) is 0.847. The second kappa shape index (κ2) is 6.65. The third-order valence-corrected chi connectivity index (χ3v) is 3.13. The zero-order valence-corrected chi connectivity index (χ0v) is 11.5. The number of nitrogens with one attached hydrogen (secondary N) is 1. The molecular formula is C13H17ClN4O. The Bertz CT molecular complexity index is 512. The minimum absolute atomic E-state index is 0.0669. The van der Waals surface area contributed by atoms with Crippen molar-refractivity contribution in [3.63, 3.8) is 0 Å². The number of hydrogen-bond donors (Lipinski definition) is 2. The summed E-state index contributed by atoms with van der Waals surface area (Å²) in [6.45, 7) is 3.26. The van der Waals surface area contributed by atoms with Crippen LogP contribution in [0, 0.1) is 0 Å². The number of halogens is 1. The van der Waals surface area contributed by atoms with E-state index >= 15 is 0 Å². The molecule has 0 radical (unpaired) electrons. The summed E-state index contributed by atoms with van der Waals surface area (Å²) in [5.41, 5.74) is 2.03. The van der Waals surface area contributed by atoms with E-state index in [9.17, 15) is 0 Å². The average Bonchev–Trinajstić information content (AvgIpc) is 2.85. The van der Waals surface area contributed by atoms with E-state index in [0.29, 0.717) is 13.1 Å². The highest BCUT2D eigenvalue weighted by Gasteiger charge is 2.06. The number of benzene rings is 1. The lowest BCUT2D eigenvalue weighted by Crippen LogP contribution is -2.18. The molecule has 2 aromatic rings. The molecule has 0 saturated carbocycles. The molecule has 1 atom stereocenters. The lowest BCUT2D eigenvalue weighted by atomic mass is 10.1. The highest BCUT2D eigenvalue weighted by Crippen LogP contribution is 2.16. The van der Waals surface area contributed by atoms with Crippen LogP contribution in [0.1, 0.15) is 24.2 Å². The first-order valence-corrected chi connectivity index (χ1v) is 6.55. The van der Waals surface area contributed by atoms with Gasteiger partial charge in [0, 0.05) is 23.8 Å². The van der Waals surface area contributed by atoms with E-state index in [1.54, 1.807) is 4.68 Å². The molecule has 1 aromatic carbocycles. The monoisotopic (exact) mass is 280 g/mol. The molecule has 5 nitrogen and oxygen atoms in total. The molecule has 19 heavy (non-hydrogen) atoms. The largest absolute Gasteiger partial charge is 0.394 e. The Morgan fingerprint density at radius 1 is 1.37 bits per heavy atom. The zero-order valence-electron chi connectivity index (χ0n) is 10.8. The molecule has 1 heterocycles. The van der Waals surface area contributed by atoms with Crippen LogP contribution in [0.2, 0.25) is 5.02 Å². The molecule has 0 aliphatic rings. The minimum atomic E-state index is 0.0669. The topological polar surface area (TPSA) is 63.0 Å².